The van der Waals surface area contributed by atoms with E-state index in [1.165, 1.54) is 0 Å². The summed E-state index contributed by atoms with van der Waals surface area (Å²) >= 11 is 0. The van der Waals surface area contributed by atoms with Crippen molar-refractivity contribution < 1.29 is 9.59 Å². The predicted molar refractivity (Wildman–Crippen MR) is 89.6 cm³/mol. The normalized spacial score (nSPS) is 15.8. The van der Waals surface area contributed by atoms with Crippen LogP contribution in [0.5, 0.6) is 0 Å². The molecule has 1 aliphatic heterocycles. The zero-order chi connectivity index (χ0) is 16.5. The van der Waals surface area contributed by atoms with Gasteiger partial charge in [-0.2, -0.15) is 0 Å². The number of rotatable bonds is 7. The predicted octanol–water partition coefficient (Wildman–Crippen LogP) is 0.186. The lowest BCUT2D eigenvalue weighted by molar-refractivity contribution is -0.133. The highest BCUT2D eigenvalue weighted by Crippen LogP contribution is 2.07. The highest BCUT2D eigenvalue weighted by molar-refractivity contribution is 5.79. The molecule has 1 fully saturated rings. The van der Waals surface area contributed by atoms with E-state index in [4.69, 9.17) is 5.73 Å². The number of amides is 2. The molecule has 0 radical (unpaired) electrons. The van der Waals surface area contributed by atoms with Crippen molar-refractivity contribution in [2.24, 2.45) is 5.73 Å². The molecular formula is C17H26N4O2. The van der Waals surface area contributed by atoms with Crippen molar-refractivity contribution in [2.45, 2.75) is 19.4 Å². The summed E-state index contributed by atoms with van der Waals surface area (Å²) < 4.78 is 0. The molecule has 1 saturated heterocycles. The number of carbonyl (C=O) groups is 2. The van der Waals surface area contributed by atoms with Crippen molar-refractivity contribution in [1.82, 2.24) is 15.1 Å². The van der Waals surface area contributed by atoms with Crippen LogP contribution in [0.1, 0.15) is 18.4 Å². The van der Waals surface area contributed by atoms with Gasteiger partial charge >= 0.3 is 0 Å². The Morgan fingerprint density at radius 1 is 1.17 bits per heavy atom. The maximum Gasteiger partial charge on any atom is 0.237 e. The molecule has 2 rings (SSSR count). The summed E-state index contributed by atoms with van der Waals surface area (Å²) in [5.74, 6) is -0.327. The zero-order valence-electron chi connectivity index (χ0n) is 13.5. The first-order chi connectivity index (χ1) is 11.1. The van der Waals surface area contributed by atoms with Gasteiger partial charge in [0.05, 0.1) is 6.54 Å². The molecule has 1 aromatic carbocycles. The second-order valence-corrected chi connectivity index (χ2v) is 5.90. The van der Waals surface area contributed by atoms with Crippen LogP contribution in [0.15, 0.2) is 30.3 Å². The first-order valence-corrected chi connectivity index (χ1v) is 8.18. The van der Waals surface area contributed by atoms with Gasteiger partial charge in [-0.15, -0.1) is 0 Å². The molecule has 0 aliphatic carbocycles. The minimum absolute atomic E-state index is 0.0528. The molecular weight excluding hydrogens is 292 g/mol. The highest BCUT2D eigenvalue weighted by atomic mass is 16.2. The largest absolute Gasteiger partial charge is 0.370 e. The third kappa shape index (κ3) is 6.38. The zero-order valence-corrected chi connectivity index (χ0v) is 13.5. The van der Waals surface area contributed by atoms with Gasteiger partial charge in [0.1, 0.15) is 0 Å². The van der Waals surface area contributed by atoms with Gasteiger partial charge in [-0.25, -0.2) is 0 Å². The van der Waals surface area contributed by atoms with Gasteiger partial charge in [-0.05, 0) is 25.1 Å². The van der Waals surface area contributed by atoms with Crippen LogP contribution < -0.4 is 11.1 Å². The second kappa shape index (κ2) is 9.27. The number of nitrogens with zero attached hydrogens (tertiary/aromatic N) is 2. The number of carbonyl (C=O) groups excluding carboxylic acids is 2. The van der Waals surface area contributed by atoms with Crippen molar-refractivity contribution in [3.63, 3.8) is 0 Å². The smallest absolute Gasteiger partial charge is 0.237 e. The molecule has 23 heavy (non-hydrogen) atoms. The second-order valence-electron chi connectivity index (χ2n) is 5.90. The molecule has 0 bridgehead atoms. The molecule has 6 heteroatoms. The topological polar surface area (TPSA) is 78.7 Å². The van der Waals surface area contributed by atoms with Crippen LogP contribution in [0.4, 0.5) is 0 Å². The van der Waals surface area contributed by atoms with Gasteiger partial charge in [-0.1, -0.05) is 30.3 Å². The van der Waals surface area contributed by atoms with E-state index in [0.717, 1.165) is 38.2 Å². The summed E-state index contributed by atoms with van der Waals surface area (Å²) in [6, 6.07) is 9.82. The van der Waals surface area contributed by atoms with E-state index in [9.17, 15) is 9.59 Å². The lowest BCUT2D eigenvalue weighted by Crippen LogP contribution is -2.42. The van der Waals surface area contributed by atoms with Gasteiger partial charge in [0.2, 0.25) is 11.8 Å². The first-order valence-electron chi connectivity index (χ1n) is 8.18. The van der Waals surface area contributed by atoms with E-state index >= 15 is 0 Å². The van der Waals surface area contributed by atoms with Gasteiger partial charge in [0.25, 0.3) is 0 Å². The molecule has 3 N–H and O–H groups in total. The molecule has 1 aromatic rings. The summed E-state index contributed by atoms with van der Waals surface area (Å²) in [7, 11) is 0. The van der Waals surface area contributed by atoms with Crippen molar-refractivity contribution in [3.05, 3.63) is 35.9 Å². The number of benzene rings is 1. The molecule has 1 heterocycles. The molecule has 0 spiro atoms. The number of hydrogen-bond donors (Lipinski definition) is 2. The minimum atomic E-state index is -0.380. The Hall–Kier alpha value is -1.92. The number of primary amides is 1. The van der Waals surface area contributed by atoms with Crippen molar-refractivity contribution >= 4 is 11.8 Å². The van der Waals surface area contributed by atoms with Crippen LogP contribution in [0.3, 0.4) is 0 Å². The van der Waals surface area contributed by atoms with Gasteiger partial charge in [-0.3, -0.25) is 14.5 Å². The average Bonchev–Trinajstić information content (AvgIpc) is 2.80. The van der Waals surface area contributed by atoms with E-state index in [-0.39, 0.29) is 18.2 Å². The average molecular weight is 318 g/mol. The third-order valence-electron chi connectivity index (χ3n) is 3.99. The Morgan fingerprint density at radius 2 is 1.96 bits per heavy atom. The summed E-state index contributed by atoms with van der Waals surface area (Å²) in [4.78, 5) is 27.6. The van der Waals surface area contributed by atoms with E-state index in [0.29, 0.717) is 19.6 Å². The Labute approximate surface area is 137 Å². The number of nitrogens with two attached hydrogens (primary N) is 1. The lowest BCUT2D eigenvalue weighted by atomic mass is 10.2. The van der Waals surface area contributed by atoms with Gasteiger partial charge in [0, 0.05) is 32.6 Å². The van der Waals surface area contributed by atoms with Gasteiger partial charge in [0.15, 0.2) is 0 Å². The number of nitrogens with one attached hydrogen (secondary N) is 1. The molecule has 126 valence electrons. The SMILES string of the molecule is NC(=O)CCN(Cc1ccccc1)C(=O)CN1CCCNCC1. The van der Waals surface area contributed by atoms with Crippen LogP contribution in [0, 0.1) is 0 Å². The van der Waals surface area contributed by atoms with E-state index in [1.54, 1.807) is 4.90 Å². The Bertz CT molecular complexity index is 499. The van der Waals surface area contributed by atoms with Crippen LogP contribution in [0.25, 0.3) is 0 Å². The van der Waals surface area contributed by atoms with E-state index < -0.39 is 0 Å². The fourth-order valence-corrected chi connectivity index (χ4v) is 2.69. The first kappa shape index (κ1) is 17.4. The highest BCUT2D eigenvalue weighted by Gasteiger charge is 2.19. The monoisotopic (exact) mass is 318 g/mol. The van der Waals surface area contributed by atoms with Gasteiger partial charge < -0.3 is 16.0 Å². The molecule has 0 unspecified atom stereocenters. The minimum Gasteiger partial charge on any atom is -0.370 e. The van der Waals surface area contributed by atoms with Crippen molar-refractivity contribution in [3.8, 4) is 0 Å². The van der Waals surface area contributed by atoms with Crippen LogP contribution in [-0.2, 0) is 16.1 Å². The summed E-state index contributed by atoms with van der Waals surface area (Å²) in [6.45, 7) is 4.99. The van der Waals surface area contributed by atoms with Crippen LogP contribution in [-0.4, -0.2) is 60.9 Å². The maximum absolute atomic E-state index is 12.7. The van der Waals surface area contributed by atoms with Crippen molar-refractivity contribution in [1.29, 1.82) is 0 Å². The lowest BCUT2D eigenvalue weighted by Gasteiger charge is -2.26. The fourth-order valence-electron chi connectivity index (χ4n) is 2.69. The van der Waals surface area contributed by atoms with Crippen molar-refractivity contribution in [2.75, 3.05) is 39.3 Å². The molecule has 0 aromatic heterocycles. The summed E-state index contributed by atoms with van der Waals surface area (Å²) in [5, 5.41) is 3.33. The molecule has 6 nitrogen and oxygen atoms in total. The van der Waals surface area contributed by atoms with Crippen LogP contribution >= 0.6 is 0 Å². The summed E-state index contributed by atoms with van der Waals surface area (Å²) in [5.41, 5.74) is 6.30. The Balaban J connectivity index is 1.96. The standard InChI is InChI=1S/C17H26N4O2/c18-16(22)7-11-21(13-15-5-2-1-3-6-15)17(23)14-20-10-4-8-19-9-12-20/h1-3,5-6,19H,4,7-14H2,(H2,18,22). The molecule has 2 amide bonds. The maximum atomic E-state index is 12.7. The number of hydrogen-bond acceptors (Lipinski definition) is 4. The molecule has 0 atom stereocenters. The third-order valence-corrected chi connectivity index (χ3v) is 3.99. The fraction of sp³-hybridized carbons (Fsp3) is 0.529. The molecule has 1 aliphatic rings. The molecule has 0 saturated carbocycles. The van der Waals surface area contributed by atoms with Crippen LogP contribution in [0.2, 0.25) is 0 Å². The summed E-state index contributed by atoms with van der Waals surface area (Å²) in [6.07, 6.45) is 1.24. The quantitative estimate of drug-likeness (QED) is 0.752. The Morgan fingerprint density at radius 3 is 2.70 bits per heavy atom. The van der Waals surface area contributed by atoms with E-state index in [2.05, 4.69) is 10.2 Å². The van der Waals surface area contributed by atoms with E-state index in [1.807, 2.05) is 30.3 Å². The Kier molecular flexibility index (Phi) is 7.03.